The third kappa shape index (κ3) is 4.32. The van der Waals surface area contributed by atoms with Gasteiger partial charge in [0, 0.05) is 12.2 Å². The van der Waals surface area contributed by atoms with Crippen LogP contribution in [-0.2, 0) is 16.1 Å². The Morgan fingerprint density at radius 1 is 1.26 bits per heavy atom. The fourth-order valence-electron chi connectivity index (χ4n) is 2.70. The number of thiophene rings is 1. The van der Waals surface area contributed by atoms with Gasteiger partial charge in [-0.25, -0.2) is 0 Å². The number of rotatable bonds is 5. The smallest absolute Gasteiger partial charge is 0.256 e. The standard InChI is InChI=1S/C17H20N2O2S.ClH/c18-10-15-6-7-16(21-15)17(20)19(11-13-8-9-22-12-13)14-4-2-1-3-5-14;/h1-5,8-9,12,15-16H,6-7,10-11,18H2;1H/t15-,16+;/m1./s1. The number of para-hydroxylation sites is 1. The molecule has 1 aliphatic rings. The molecular formula is C17H21ClN2O2S. The second-order valence-electron chi connectivity index (χ2n) is 5.45. The molecule has 1 fully saturated rings. The van der Waals surface area contributed by atoms with Crippen molar-refractivity contribution in [2.45, 2.75) is 31.6 Å². The summed E-state index contributed by atoms with van der Waals surface area (Å²) in [6, 6.07) is 11.8. The van der Waals surface area contributed by atoms with Crippen molar-refractivity contribution in [2.75, 3.05) is 11.4 Å². The van der Waals surface area contributed by atoms with Crippen molar-refractivity contribution in [2.24, 2.45) is 5.73 Å². The highest BCUT2D eigenvalue weighted by atomic mass is 35.5. The molecule has 2 N–H and O–H groups in total. The third-order valence-corrected chi connectivity index (χ3v) is 4.63. The molecule has 2 atom stereocenters. The molecule has 0 bridgehead atoms. The van der Waals surface area contributed by atoms with Crippen LogP contribution < -0.4 is 10.6 Å². The van der Waals surface area contributed by atoms with E-state index >= 15 is 0 Å². The van der Waals surface area contributed by atoms with Crippen molar-refractivity contribution in [1.29, 1.82) is 0 Å². The van der Waals surface area contributed by atoms with Crippen LogP contribution in [0.25, 0.3) is 0 Å². The van der Waals surface area contributed by atoms with Crippen molar-refractivity contribution >= 4 is 35.3 Å². The number of benzene rings is 1. The van der Waals surface area contributed by atoms with E-state index in [1.165, 1.54) is 0 Å². The van der Waals surface area contributed by atoms with Crippen LogP contribution in [0.1, 0.15) is 18.4 Å². The topological polar surface area (TPSA) is 55.6 Å². The van der Waals surface area contributed by atoms with Crippen LogP contribution in [0.15, 0.2) is 47.2 Å². The van der Waals surface area contributed by atoms with E-state index in [9.17, 15) is 4.79 Å². The zero-order valence-electron chi connectivity index (χ0n) is 12.8. The van der Waals surface area contributed by atoms with E-state index in [-0.39, 0.29) is 30.5 Å². The summed E-state index contributed by atoms with van der Waals surface area (Å²) < 4.78 is 5.78. The molecule has 1 aromatic carbocycles. The normalized spacial score (nSPS) is 20.0. The number of hydrogen-bond donors (Lipinski definition) is 1. The highest BCUT2D eigenvalue weighted by Gasteiger charge is 2.33. The average molecular weight is 353 g/mol. The van der Waals surface area contributed by atoms with Gasteiger partial charge >= 0.3 is 0 Å². The Balaban J connectivity index is 0.00000192. The molecule has 124 valence electrons. The highest BCUT2D eigenvalue weighted by Crippen LogP contribution is 2.25. The number of anilines is 1. The Morgan fingerprint density at radius 3 is 2.65 bits per heavy atom. The number of nitrogens with two attached hydrogens (primary N) is 1. The van der Waals surface area contributed by atoms with Gasteiger partial charge in [0.2, 0.25) is 0 Å². The predicted octanol–water partition coefficient (Wildman–Crippen LogP) is 3.21. The van der Waals surface area contributed by atoms with E-state index in [4.69, 9.17) is 10.5 Å². The fraction of sp³-hybridized carbons (Fsp3) is 0.353. The summed E-state index contributed by atoms with van der Waals surface area (Å²) in [5, 5.41) is 4.10. The Bertz CT molecular complexity index is 606. The van der Waals surface area contributed by atoms with Gasteiger partial charge in [-0.1, -0.05) is 18.2 Å². The van der Waals surface area contributed by atoms with Crippen molar-refractivity contribution < 1.29 is 9.53 Å². The van der Waals surface area contributed by atoms with Crippen LogP contribution in [0.3, 0.4) is 0 Å². The minimum atomic E-state index is -0.382. The van der Waals surface area contributed by atoms with Gasteiger partial charge in [-0.05, 0) is 47.4 Å². The maximum absolute atomic E-state index is 12.9. The second kappa shape index (κ2) is 8.45. The van der Waals surface area contributed by atoms with E-state index in [1.54, 1.807) is 11.3 Å². The molecule has 0 aliphatic carbocycles. The Morgan fingerprint density at radius 2 is 2.04 bits per heavy atom. The third-order valence-electron chi connectivity index (χ3n) is 3.90. The van der Waals surface area contributed by atoms with Crippen molar-refractivity contribution in [3.63, 3.8) is 0 Å². The van der Waals surface area contributed by atoms with Crippen LogP contribution in [-0.4, -0.2) is 24.7 Å². The maximum Gasteiger partial charge on any atom is 0.256 e. The van der Waals surface area contributed by atoms with Crippen molar-refractivity contribution in [1.82, 2.24) is 0 Å². The van der Waals surface area contributed by atoms with Gasteiger partial charge in [0.15, 0.2) is 0 Å². The van der Waals surface area contributed by atoms with Gasteiger partial charge in [0.05, 0.1) is 12.6 Å². The SMILES string of the molecule is Cl.NC[C@H]1CC[C@@H](C(=O)N(Cc2ccsc2)c2ccccc2)O1. The molecule has 0 unspecified atom stereocenters. The molecular weight excluding hydrogens is 332 g/mol. The lowest BCUT2D eigenvalue weighted by Gasteiger charge is -2.25. The fourth-order valence-corrected chi connectivity index (χ4v) is 3.36. The van der Waals surface area contributed by atoms with Crippen LogP contribution in [0.5, 0.6) is 0 Å². The number of halogens is 1. The summed E-state index contributed by atoms with van der Waals surface area (Å²) in [7, 11) is 0. The first-order chi connectivity index (χ1) is 10.8. The molecule has 1 aliphatic heterocycles. The zero-order chi connectivity index (χ0) is 15.4. The van der Waals surface area contributed by atoms with E-state index in [2.05, 4.69) is 5.38 Å². The van der Waals surface area contributed by atoms with Gasteiger partial charge in [0.1, 0.15) is 6.10 Å². The minimum Gasteiger partial charge on any atom is -0.364 e. The minimum absolute atomic E-state index is 0. The zero-order valence-corrected chi connectivity index (χ0v) is 14.4. The summed E-state index contributed by atoms with van der Waals surface area (Å²) in [4.78, 5) is 14.7. The largest absolute Gasteiger partial charge is 0.364 e. The molecule has 23 heavy (non-hydrogen) atoms. The van der Waals surface area contributed by atoms with Crippen LogP contribution in [0.4, 0.5) is 5.69 Å². The summed E-state index contributed by atoms with van der Waals surface area (Å²) >= 11 is 1.64. The number of nitrogens with zero attached hydrogens (tertiary/aromatic N) is 1. The van der Waals surface area contributed by atoms with E-state index in [1.807, 2.05) is 46.7 Å². The van der Waals surface area contributed by atoms with Crippen molar-refractivity contribution in [3.8, 4) is 0 Å². The number of amides is 1. The summed E-state index contributed by atoms with van der Waals surface area (Å²) in [6.45, 7) is 1.04. The molecule has 4 nitrogen and oxygen atoms in total. The first-order valence-electron chi connectivity index (χ1n) is 7.51. The first kappa shape index (κ1) is 17.9. The number of ether oxygens (including phenoxy) is 1. The Hall–Kier alpha value is -1.40. The molecule has 1 saturated heterocycles. The summed E-state index contributed by atoms with van der Waals surface area (Å²) in [5.41, 5.74) is 7.68. The summed E-state index contributed by atoms with van der Waals surface area (Å²) in [5.74, 6) is 0.0216. The van der Waals surface area contributed by atoms with Crippen LogP contribution >= 0.6 is 23.7 Å². The number of carbonyl (C=O) groups is 1. The molecule has 2 aromatic rings. The molecule has 6 heteroatoms. The van der Waals surface area contributed by atoms with Gasteiger partial charge in [-0.15, -0.1) is 12.4 Å². The van der Waals surface area contributed by atoms with Gasteiger partial charge in [0.25, 0.3) is 5.91 Å². The number of carbonyl (C=O) groups excluding carboxylic acids is 1. The van der Waals surface area contributed by atoms with Gasteiger partial charge in [-0.3, -0.25) is 4.79 Å². The molecule has 1 amide bonds. The molecule has 0 spiro atoms. The molecule has 0 saturated carbocycles. The lowest BCUT2D eigenvalue weighted by Crippen LogP contribution is -2.39. The molecule has 2 heterocycles. The van der Waals surface area contributed by atoms with Gasteiger partial charge in [-0.2, -0.15) is 11.3 Å². The first-order valence-corrected chi connectivity index (χ1v) is 8.45. The summed E-state index contributed by atoms with van der Waals surface area (Å²) in [6.07, 6.45) is 1.22. The Kier molecular flexibility index (Phi) is 6.59. The van der Waals surface area contributed by atoms with E-state index in [0.717, 1.165) is 24.1 Å². The van der Waals surface area contributed by atoms with Crippen LogP contribution in [0.2, 0.25) is 0 Å². The van der Waals surface area contributed by atoms with Crippen molar-refractivity contribution in [3.05, 3.63) is 52.7 Å². The maximum atomic E-state index is 12.9. The molecule has 1 aromatic heterocycles. The number of hydrogen-bond acceptors (Lipinski definition) is 4. The van der Waals surface area contributed by atoms with E-state index in [0.29, 0.717) is 13.1 Å². The second-order valence-corrected chi connectivity index (χ2v) is 6.23. The monoisotopic (exact) mass is 352 g/mol. The lowest BCUT2D eigenvalue weighted by atomic mass is 10.1. The Labute approximate surface area is 146 Å². The predicted molar refractivity (Wildman–Crippen MR) is 96.1 cm³/mol. The van der Waals surface area contributed by atoms with E-state index < -0.39 is 0 Å². The average Bonchev–Trinajstić information content (AvgIpc) is 3.24. The lowest BCUT2D eigenvalue weighted by molar-refractivity contribution is -0.129. The van der Waals surface area contributed by atoms with Gasteiger partial charge < -0.3 is 15.4 Å². The van der Waals surface area contributed by atoms with Crippen LogP contribution in [0, 0.1) is 0 Å². The quantitative estimate of drug-likeness (QED) is 0.899. The highest BCUT2D eigenvalue weighted by molar-refractivity contribution is 7.07. The molecule has 0 radical (unpaired) electrons. The molecule has 3 rings (SSSR count).